The van der Waals surface area contributed by atoms with Crippen molar-refractivity contribution < 1.29 is 14.6 Å². The van der Waals surface area contributed by atoms with E-state index >= 15 is 0 Å². The number of rotatable bonds is 0. The van der Waals surface area contributed by atoms with Gasteiger partial charge < -0.3 is 14.6 Å². The third-order valence-corrected chi connectivity index (χ3v) is 9.26. The standard InChI is InChI=1S/C22H31NO3/c1-19-9-10-22(25-11-12-26-22)13-15(19)3-4-16-17(19)5-7-20(2)18(16)6-8-21(20,24)14-23/h3,16-18,24H,4-13H2,1-2H3/t16?,17?,18?,19-,20-,21-/m0/s1. The van der Waals surface area contributed by atoms with Gasteiger partial charge in [-0.2, -0.15) is 5.26 Å². The lowest BCUT2D eigenvalue weighted by atomic mass is 9.47. The van der Waals surface area contributed by atoms with Crippen molar-refractivity contribution in [1.29, 1.82) is 5.26 Å². The highest BCUT2D eigenvalue weighted by atomic mass is 16.7. The van der Waals surface area contributed by atoms with Crippen LogP contribution in [0.2, 0.25) is 0 Å². The Labute approximate surface area is 156 Å². The Morgan fingerprint density at radius 1 is 1.08 bits per heavy atom. The zero-order valence-corrected chi connectivity index (χ0v) is 16.1. The highest BCUT2D eigenvalue weighted by Crippen LogP contribution is 2.67. The summed E-state index contributed by atoms with van der Waals surface area (Å²) in [6, 6.07) is 2.28. The van der Waals surface area contributed by atoms with Crippen LogP contribution >= 0.6 is 0 Å². The van der Waals surface area contributed by atoms with Crippen LogP contribution in [0.25, 0.3) is 0 Å². The van der Waals surface area contributed by atoms with E-state index in [1.807, 2.05) is 0 Å². The molecule has 1 saturated heterocycles. The van der Waals surface area contributed by atoms with Crippen LogP contribution in [0.5, 0.6) is 0 Å². The van der Waals surface area contributed by atoms with Crippen LogP contribution in [0.1, 0.15) is 65.2 Å². The summed E-state index contributed by atoms with van der Waals surface area (Å²) >= 11 is 0. The fourth-order valence-corrected chi connectivity index (χ4v) is 7.55. The first-order valence-corrected chi connectivity index (χ1v) is 10.5. The molecule has 4 fully saturated rings. The molecule has 0 aromatic rings. The topological polar surface area (TPSA) is 62.5 Å². The number of nitrogens with zero attached hydrogens (tertiary/aromatic N) is 1. The summed E-state index contributed by atoms with van der Waals surface area (Å²) in [5, 5.41) is 20.6. The van der Waals surface area contributed by atoms with E-state index in [0.29, 0.717) is 24.2 Å². The lowest BCUT2D eigenvalue weighted by molar-refractivity contribution is -0.186. The Bertz CT molecular complexity index is 690. The quantitative estimate of drug-likeness (QED) is 0.527. The van der Waals surface area contributed by atoms with Crippen LogP contribution in [-0.2, 0) is 9.47 Å². The third-order valence-electron chi connectivity index (χ3n) is 9.26. The first kappa shape index (κ1) is 17.2. The number of aliphatic hydroxyl groups is 1. The van der Waals surface area contributed by atoms with Crippen LogP contribution in [0.15, 0.2) is 11.6 Å². The maximum absolute atomic E-state index is 11.0. The van der Waals surface area contributed by atoms with Crippen LogP contribution in [0.4, 0.5) is 0 Å². The van der Waals surface area contributed by atoms with Crippen LogP contribution in [0.3, 0.4) is 0 Å². The van der Waals surface area contributed by atoms with Gasteiger partial charge in [0, 0.05) is 18.3 Å². The van der Waals surface area contributed by atoms with Crippen molar-refractivity contribution in [1.82, 2.24) is 0 Å². The second-order valence-corrected chi connectivity index (χ2v) is 10.0. The minimum atomic E-state index is -1.13. The molecule has 0 aromatic heterocycles. The number of fused-ring (bicyclic) bond motifs is 5. The molecule has 142 valence electrons. The molecule has 3 saturated carbocycles. The average molecular weight is 357 g/mol. The zero-order chi connectivity index (χ0) is 18.2. The zero-order valence-electron chi connectivity index (χ0n) is 16.1. The molecule has 26 heavy (non-hydrogen) atoms. The summed E-state index contributed by atoms with van der Waals surface area (Å²) in [7, 11) is 0. The predicted octanol–water partition coefficient (Wildman–Crippen LogP) is 3.95. The molecule has 5 rings (SSSR count). The molecule has 4 nitrogen and oxygen atoms in total. The highest BCUT2D eigenvalue weighted by Gasteiger charge is 2.64. The Kier molecular flexibility index (Phi) is 3.54. The van der Waals surface area contributed by atoms with E-state index in [1.54, 1.807) is 5.57 Å². The molecule has 1 heterocycles. The van der Waals surface area contributed by atoms with Gasteiger partial charge in [0.05, 0.1) is 19.3 Å². The van der Waals surface area contributed by atoms with Gasteiger partial charge in [-0.15, -0.1) is 0 Å². The average Bonchev–Trinajstić information content (AvgIpc) is 3.19. The van der Waals surface area contributed by atoms with Gasteiger partial charge >= 0.3 is 0 Å². The van der Waals surface area contributed by atoms with Crippen molar-refractivity contribution in [2.45, 2.75) is 76.6 Å². The molecule has 6 atom stereocenters. The Balaban J connectivity index is 1.47. The molecule has 1 aliphatic heterocycles. The lowest BCUT2D eigenvalue weighted by Crippen LogP contribution is -2.55. The molecular weight excluding hydrogens is 326 g/mol. The molecule has 0 radical (unpaired) electrons. The number of hydrogen-bond acceptors (Lipinski definition) is 4. The molecule has 4 aliphatic carbocycles. The maximum atomic E-state index is 11.0. The summed E-state index contributed by atoms with van der Waals surface area (Å²) in [6.45, 7) is 6.10. The van der Waals surface area contributed by atoms with E-state index in [4.69, 9.17) is 9.47 Å². The van der Waals surface area contributed by atoms with Crippen molar-refractivity contribution in [3.8, 4) is 6.07 Å². The fourth-order valence-electron chi connectivity index (χ4n) is 7.55. The smallest absolute Gasteiger partial charge is 0.172 e. The van der Waals surface area contributed by atoms with Gasteiger partial charge in [0.2, 0.25) is 0 Å². The molecule has 0 aromatic carbocycles. The minimum Gasteiger partial charge on any atom is -0.375 e. The summed E-state index contributed by atoms with van der Waals surface area (Å²) in [6.07, 6.45) is 10.4. The lowest BCUT2D eigenvalue weighted by Gasteiger charge is -2.59. The maximum Gasteiger partial charge on any atom is 0.172 e. The fraction of sp³-hybridized carbons (Fsp3) is 0.864. The van der Waals surface area contributed by atoms with Crippen LogP contribution in [-0.4, -0.2) is 29.7 Å². The molecule has 3 unspecified atom stereocenters. The third kappa shape index (κ3) is 2.00. The van der Waals surface area contributed by atoms with Crippen molar-refractivity contribution in [2.75, 3.05) is 13.2 Å². The van der Waals surface area contributed by atoms with Gasteiger partial charge in [-0.05, 0) is 61.7 Å². The highest BCUT2D eigenvalue weighted by molar-refractivity contribution is 5.28. The van der Waals surface area contributed by atoms with Gasteiger partial charge in [-0.1, -0.05) is 25.5 Å². The van der Waals surface area contributed by atoms with Crippen molar-refractivity contribution in [2.24, 2.45) is 28.6 Å². The second-order valence-electron chi connectivity index (χ2n) is 10.0. The summed E-state index contributed by atoms with van der Waals surface area (Å²) in [4.78, 5) is 0. The molecule has 1 spiro atoms. The SMILES string of the molecule is C[C@]12CCC3(CC1=CCC1C2CC[C@@]2(C)C1CC[C@]2(O)C#N)OCCO3. The summed E-state index contributed by atoms with van der Waals surface area (Å²) in [5.41, 5.74) is 0.412. The first-order chi connectivity index (χ1) is 12.4. The molecule has 0 bridgehead atoms. The van der Waals surface area contributed by atoms with Crippen molar-refractivity contribution in [3.05, 3.63) is 11.6 Å². The van der Waals surface area contributed by atoms with Crippen molar-refractivity contribution in [3.63, 3.8) is 0 Å². The second kappa shape index (κ2) is 5.34. The summed E-state index contributed by atoms with van der Waals surface area (Å²) < 4.78 is 12.0. The largest absolute Gasteiger partial charge is 0.375 e. The van der Waals surface area contributed by atoms with Gasteiger partial charge in [0.1, 0.15) is 0 Å². The van der Waals surface area contributed by atoms with Gasteiger partial charge in [0.15, 0.2) is 11.4 Å². The molecule has 1 N–H and O–H groups in total. The minimum absolute atomic E-state index is 0.234. The monoisotopic (exact) mass is 357 g/mol. The molecule has 4 heteroatoms. The Hall–Kier alpha value is -0.890. The number of nitriles is 1. The van der Waals surface area contributed by atoms with Crippen molar-refractivity contribution >= 4 is 0 Å². The first-order valence-electron chi connectivity index (χ1n) is 10.5. The van der Waals surface area contributed by atoms with E-state index in [9.17, 15) is 10.4 Å². The van der Waals surface area contributed by atoms with Gasteiger partial charge in [-0.3, -0.25) is 0 Å². The molecular formula is C22H31NO3. The number of hydrogen-bond donors (Lipinski definition) is 1. The van der Waals surface area contributed by atoms with Gasteiger partial charge in [0.25, 0.3) is 0 Å². The van der Waals surface area contributed by atoms with E-state index in [1.165, 1.54) is 0 Å². The predicted molar refractivity (Wildman–Crippen MR) is 96.9 cm³/mol. The van der Waals surface area contributed by atoms with E-state index in [2.05, 4.69) is 26.0 Å². The van der Waals surface area contributed by atoms with E-state index in [-0.39, 0.29) is 16.6 Å². The van der Waals surface area contributed by atoms with Crippen LogP contribution in [0, 0.1) is 39.9 Å². The van der Waals surface area contributed by atoms with Crippen LogP contribution < -0.4 is 0 Å². The number of ether oxygens (including phenoxy) is 2. The summed E-state index contributed by atoms with van der Waals surface area (Å²) in [5.74, 6) is 1.38. The van der Waals surface area contributed by atoms with Gasteiger partial charge in [-0.25, -0.2) is 0 Å². The van der Waals surface area contributed by atoms with E-state index < -0.39 is 5.60 Å². The molecule has 5 aliphatic rings. The Morgan fingerprint density at radius 3 is 2.54 bits per heavy atom. The molecule has 0 amide bonds. The Morgan fingerprint density at radius 2 is 1.81 bits per heavy atom. The normalized spacial score (nSPS) is 51.9. The number of allylic oxidation sites excluding steroid dienone is 1. The van der Waals surface area contributed by atoms with E-state index in [0.717, 1.165) is 58.2 Å².